The third-order valence-corrected chi connectivity index (χ3v) is 5.89. The maximum atomic E-state index is 13.4. The lowest BCUT2D eigenvalue weighted by Crippen LogP contribution is -2.60. The predicted molar refractivity (Wildman–Crippen MR) is 103 cm³/mol. The molecule has 1 saturated heterocycles. The first-order valence-corrected chi connectivity index (χ1v) is 9.61. The fraction of sp³-hybridized carbons (Fsp3) is 0.391. The van der Waals surface area contributed by atoms with Gasteiger partial charge >= 0.3 is 5.97 Å². The van der Waals surface area contributed by atoms with Crippen LogP contribution in [0.2, 0.25) is 0 Å². The summed E-state index contributed by atoms with van der Waals surface area (Å²) in [6, 6.07) is 16.3. The molecule has 0 N–H and O–H groups in total. The van der Waals surface area contributed by atoms with Crippen LogP contribution in [0, 0.1) is 12.3 Å². The van der Waals surface area contributed by atoms with E-state index in [2.05, 4.69) is 36.1 Å². The Labute approximate surface area is 160 Å². The van der Waals surface area contributed by atoms with Crippen molar-refractivity contribution in [2.45, 2.75) is 32.7 Å². The number of rotatable bonds is 4. The monoisotopic (exact) mass is 363 g/mol. The molecule has 1 fully saturated rings. The lowest BCUT2D eigenvalue weighted by Gasteiger charge is -2.47. The highest BCUT2D eigenvalue weighted by Crippen LogP contribution is 2.46. The molecule has 27 heavy (non-hydrogen) atoms. The molecule has 2 atom stereocenters. The Morgan fingerprint density at radius 3 is 2.70 bits per heavy atom. The fourth-order valence-electron chi connectivity index (χ4n) is 4.75. The van der Waals surface area contributed by atoms with Gasteiger partial charge in [-0.2, -0.15) is 0 Å². The van der Waals surface area contributed by atoms with Gasteiger partial charge in [0.1, 0.15) is 5.41 Å². The Bertz CT molecular complexity index is 876. The van der Waals surface area contributed by atoms with Gasteiger partial charge < -0.3 is 4.74 Å². The van der Waals surface area contributed by atoms with Gasteiger partial charge in [0.25, 0.3) is 0 Å². The molecule has 4 nitrogen and oxygen atoms in total. The van der Waals surface area contributed by atoms with E-state index in [9.17, 15) is 9.59 Å². The Balaban J connectivity index is 1.76. The summed E-state index contributed by atoms with van der Waals surface area (Å²) in [6.45, 7) is 5.93. The van der Waals surface area contributed by atoms with Gasteiger partial charge in [-0.3, -0.25) is 14.5 Å². The van der Waals surface area contributed by atoms with Crippen LogP contribution in [0.5, 0.6) is 0 Å². The number of ketones is 1. The Morgan fingerprint density at radius 2 is 1.96 bits per heavy atom. The summed E-state index contributed by atoms with van der Waals surface area (Å²) in [5.74, 6) is -0.603. The summed E-state index contributed by atoms with van der Waals surface area (Å²) in [6.07, 6.45) is 0.434. The van der Waals surface area contributed by atoms with E-state index in [0.717, 1.165) is 23.2 Å². The zero-order valence-electron chi connectivity index (χ0n) is 15.9. The predicted octanol–water partition coefficient (Wildman–Crippen LogP) is 3.27. The number of likely N-dealkylation sites (tertiary alicyclic amines) is 1. The van der Waals surface area contributed by atoms with E-state index in [1.165, 1.54) is 5.56 Å². The summed E-state index contributed by atoms with van der Waals surface area (Å²) < 4.78 is 5.39. The lowest BCUT2D eigenvalue weighted by molar-refractivity contribution is -0.166. The minimum atomic E-state index is -1.09. The number of ether oxygens (including phenoxy) is 1. The number of hydrogen-bond acceptors (Lipinski definition) is 4. The van der Waals surface area contributed by atoms with Gasteiger partial charge in [0.15, 0.2) is 5.78 Å². The molecule has 0 aromatic heterocycles. The van der Waals surface area contributed by atoms with Crippen molar-refractivity contribution in [3.05, 3.63) is 70.8 Å². The first kappa shape index (κ1) is 17.9. The summed E-state index contributed by atoms with van der Waals surface area (Å²) in [5.41, 5.74) is 3.46. The van der Waals surface area contributed by atoms with Crippen molar-refractivity contribution in [3.63, 3.8) is 0 Å². The molecular weight excluding hydrogens is 338 g/mol. The van der Waals surface area contributed by atoms with Crippen molar-refractivity contribution in [2.75, 3.05) is 19.7 Å². The molecule has 0 spiro atoms. The van der Waals surface area contributed by atoms with E-state index in [1.807, 2.05) is 24.3 Å². The largest absolute Gasteiger partial charge is 0.465 e. The molecular formula is C23H25NO3. The zero-order chi connectivity index (χ0) is 19.0. The van der Waals surface area contributed by atoms with Crippen LogP contribution >= 0.6 is 0 Å². The molecule has 2 unspecified atom stereocenters. The smallest absolute Gasteiger partial charge is 0.321 e. The Morgan fingerprint density at radius 1 is 1.19 bits per heavy atom. The Kier molecular flexibility index (Phi) is 4.60. The van der Waals surface area contributed by atoms with E-state index in [0.29, 0.717) is 19.5 Å². The molecule has 2 aliphatic rings. The maximum Gasteiger partial charge on any atom is 0.321 e. The minimum absolute atomic E-state index is 0.0343. The number of aryl methyl sites for hydroxylation is 1. The summed E-state index contributed by atoms with van der Waals surface area (Å²) in [7, 11) is 0. The molecule has 0 saturated carbocycles. The Hall–Kier alpha value is -2.46. The number of esters is 1. The molecule has 2 aromatic carbocycles. The number of hydrogen-bond donors (Lipinski definition) is 0. The van der Waals surface area contributed by atoms with E-state index >= 15 is 0 Å². The molecule has 2 aromatic rings. The first-order valence-electron chi connectivity index (χ1n) is 9.61. The topological polar surface area (TPSA) is 46.6 Å². The van der Waals surface area contributed by atoms with Gasteiger partial charge in [-0.25, -0.2) is 0 Å². The molecule has 0 radical (unpaired) electrons. The van der Waals surface area contributed by atoms with Crippen LogP contribution in [0.15, 0.2) is 48.5 Å². The normalized spacial score (nSPS) is 24.4. The van der Waals surface area contributed by atoms with Crippen molar-refractivity contribution in [2.24, 2.45) is 5.41 Å². The quantitative estimate of drug-likeness (QED) is 0.618. The van der Waals surface area contributed by atoms with Crippen molar-refractivity contribution in [3.8, 4) is 0 Å². The number of carbonyl (C=O) groups is 2. The highest BCUT2D eigenvalue weighted by atomic mass is 16.5. The van der Waals surface area contributed by atoms with E-state index in [4.69, 9.17) is 4.74 Å². The molecule has 1 aliphatic heterocycles. The van der Waals surface area contributed by atoms with Crippen molar-refractivity contribution >= 4 is 11.8 Å². The third kappa shape index (κ3) is 2.98. The van der Waals surface area contributed by atoms with Gasteiger partial charge in [-0.05, 0) is 42.5 Å². The molecule has 140 valence electrons. The van der Waals surface area contributed by atoms with Crippen LogP contribution in [0.25, 0.3) is 0 Å². The second kappa shape index (κ2) is 6.93. The number of benzene rings is 2. The number of piperidine rings is 1. The molecule has 1 heterocycles. The molecule has 4 heteroatoms. The van der Waals surface area contributed by atoms with E-state index in [1.54, 1.807) is 6.92 Å². The lowest BCUT2D eigenvalue weighted by atomic mass is 9.62. The number of nitrogens with zero attached hydrogens (tertiary/aromatic N) is 1. The van der Waals surface area contributed by atoms with Gasteiger partial charge in [-0.1, -0.05) is 48.5 Å². The SMILES string of the molecule is CCOC(=O)C12Cc3cccc(C)c3C(CN(Cc3ccccc3)C1)C2=O. The summed E-state index contributed by atoms with van der Waals surface area (Å²) in [4.78, 5) is 28.6. The standard InChI is InChI=1S/C23H25NO3/c1-3-27-22(26)23-12-18-11-7-8-16(2)20(18)19(21(23)25)14-24(15-23)13-17-9-5-4-6-10-17/h4-11,19H,3,12-15H2,1-2H3. The zero-order valence-corrected chi connectivity index (χ0v) is 15.9. The van der Waals surface area contributed by atoms with Crippen LogP contribution in [0.3, 0.4) is 0 Å². The van der Waals surface area contributed by atoms with Gasteiger partial charge in [-0.15, -0.1) is 0 Å². The first-order chi connectivity index (χ1) is 13.0. The van der Waals surface area contributed by atoms with Crippen molar-refractivity contribution in [1.29, 1.82) is 0 Å². The number of carbonyl (C=O) groups excluding carboxylic acids is 2. The fourth-order valence-corrected chi connectivity index (χ4v) is 4.75. The average Bonchev–Trinajstić information content (AvgIpc) is 2.64. The highest BCUT2D eigenvalue weighted by Gasteiger charge is 2.57. The maximum absolute atomic E-state index is 13.4. The second-order valence-corrected chi connectivity index (χ2v) is 7.70. The van der Waals surface area contributed by atoms with Crippen LogP contribution in [0.1, 0.15) is 35.1 Å². The van der Waals surface area contributed by atoms with Gasteiger partial charge in [0.05, 0.1) is 12.5 Å². The minimum Gasteiger partial charge on any atom is -0.465 e. The summed E-state index contributed by atoms with van der Waals surface area (Å²) >= 11 is 0. The average molecular weight is 363 g/mol. The molecule has 2 bridgehead atoms. The van der Waals surface area contributed by atoms with Crippen molar-refractivity contribution in [1.82, 2.24) is 4.90 Å². The van der Waals surface area contributed by atoms with Gasteiger partial charge in [0, 0.05) is 19.6 Å². The van der Waals surface area contributed by atoms with E-state index < -0.39 is 5.41 Å². The third-order valence-electron chi connectivity index (χ3n) is 5.89. The number of Topliss-reactive ketones (excluding diaryl/α,β-unsaturated/α-hetero) is 1. The molecule has 4 rings (SSSR count). The van der Waals surface area contributed by atoms with Crippen molar-refractivity contribution < 1.29 is 14.3 Å². The number of fused-ring (bicyclic) bond motifs is 4. The van der Waals surface area contributed by atoms with Crippen LogP contribution in [-0.2, 0) is 27.3 Å². The van der Waals surface area contributed by atoms with Gasteiger partial charge in [0.2, 0.25) is 0 Å². The van der Waals surface area contributed by atoms with E-state index in [-0.39, 0.29) is 24.3 Å². The van der Waals surface area contributed by atoms with Crippen LogP contribution < -0.4 is 0 Å². The van der Waals surface area contributed by atoms with Crippen LogP contribution in [-0.4, -0.2) is 36.3 Å². The highest BCUT2D eigenvalue weighted by molar-refractivity contribution is 6.09. The summed E-state index contributed by atoms with van der Waals surface area (Å²) in [5, 5.41) is 0. The second-order valence-electron chi connectivity index (χ2n) is 7.70. The molecule has 0 amide bonds. The van der Waals surface area contributed by atoms with Crippen LogP contribution in [0.4, 0.5) is 0 Å². The molecule has 1 aliphatic carbocycles.